The smallest absolute Gasteiger partial charge is 0.306 e. The number of carboxylic acid groups (broad SMARTS) is 1. The molecule has 1 aliphatic heterocycles. The number of carboxylic acids is 1. The summed E-state index contributed by atoms with van der Waals surface area (Å²) < 4.78 is 21.5. The molecule has 0 unspecified atom stereocenters. The van der Waals surface area contributed by atoms with E-state index in [1.807, 2.05) is 13.0 Å². The number of aliphatic carboxylic acids is 1. The Bertz CT molecular complexity index is 940. The van der Waals surface area contributed by atoms with Gasteiger partial charge in [-0.2, -0.15) is 5.10 Å². The molecule has 1 fully saturated rings. The van der Waals surface area contributed by atoms with Crippen LogP contribution in [0.25, 0.3) is 5.69 Å². The molecule has 1 aromatic heterocycles. The lowest BCUT2D eigenvalue weighted by atomic mass is 10.1. The van der Waals surface area contributed by atoms with Gasteiger partial charge < -0.3 is 14.7 Å². The van der Waals surface area contributed by atoms with Crippen molar-refractivity contribution >= 4 is 11.9 Å². The SMILES string of the molecule is Cc1ccc(-n2nc(C(=O)N3CCO[C@H](CC(=O)O)C3)c3c2CCC3)c(F)c1. The van der Waals surface area contributed by atoms with Crippen LogP contribution in [-0.2, 0) is 22.4 Å². The molecule has 1 amide bonds. The predicted octanol–water partition coefficient (Wildman–Crippen LogP) is 2.12. The molecule has 0 bridgehead atoms. The highest BCUT2D eigenvalue weighted by Crippen LogP contribution is 2.30. The molecule has 2 heterocycles. The number of rotatable bonds is 4. The van der Waals surface area contributed by atoms with Gasteiger partial charge in [-0.05, 0) is 43.9 Å². The molecule has 0 saturated carbocycles. The maximum atomic E-state index is 14.5. The Morgan fingerprint density at radius 3 is 2.93 bits per heavy atom. The number of morpholine rings is 1. The van der Waals surface area contributed by atoms with Crippen LogP contribution in [0.15, 0.2) is 18.2 Å². The quantitative estimate of drug-likeness (QED) is 0.869. The highest BCUT2D eigenvalue weighted by Gasteiger charge is 2.33. The summed E-state index contributed by atoms with van der Waals surface area (Å²) in [5.74, 6) is -1.58. The molecular weight excluding hydrogens is 365 g/mol. The molecule has 1 saturated heterocycles. The number of hydrogen-bond donors (Lipinski definition) is 1. The van der Waals surface area contributed by atoms with Crippen molar-refractivity contribution in [3.63, 3.8) is 0 Å². The number of carbonyl (C=O) groups excluding carboxylic acids is 1. The minimum atomic E-state index is -0.959. The lowest BCUT2D eigenvalue weighted by Crippen LogP contribution is -2.46. The number of ether oxygens (including phenoxy) is 1. The van der Waals surface area contributed by atoms with Crippen LogP contribution in [0.4, 0.5) is 4.39 Å². The van der Waals surface area contributed by atoms with Crippen molar-refractivity contribution in [2.24, 2.45) is 0 Å². The van der Waals surface area contributed by atoms with Gasteiger partial charge in [-0.25, -0.2) is 9.07 Å². The summed E-state index contributed by atoms with van der Waals surface area (Å²) in [6.07, 6.45) is 1.69. The Labute approximate surface area is 161 Å². The van der Waals surface area contributed by atoms with Crippen LogP contribution >= 0.6 is 0 Å². The van der Waals surface area contributed by atoms with Gasteiger partial charge >= 0.3 is 5.97 Å². The third-order valence-electron chi connectivity index (χ3n) is 5.29. The van der Waals surface area contributed by atoms with Gasteiger partial charge in [0, 0.05) is 24.3 Å². The van der Waals surface area contributed by atoms with Gasteiger partial charge in [-0.15, -0.1) is 0 Å². The molecule has 7 nitrogen and oxygen atoms in total. The average molecular weight is 387 g/mol. The molecule has 0 spiro atoms. The van der Waals surface area contributed by atoms with E-state index < -0.39 is 12.1 Å². The monoisotopic (exact) mass is 387 g/mol. The average Bonchev–Trinajstić information content (AvgIpc) is 3.24. The largest absolute Gasteiger partial charge is 0.481 e. The Hall–Kier alpha value is -2.74. The van der Waals surface area contributed by atoms with E-state index in [1.165, 1.54) is 6.07 Å². The summed E-state index contributed by atoms with van der Waals surface area (Å²) >= 11 is 0. The van der Waals surface area contributed by atoms with Crippen molar-refractivity contribution in [2.75, 3.05) is 19.7 Å². The Kier molecular flexibility index (Phi) is 4.89. The molecule has 8 heteroatoms. The van der Waals surface area contributed by atoms with Crippen LogP contribution < -0.4 is 0 Å². The minimum absolute atomic E-state index is 0.148. The van der Waals surface area contributed by atoms with Crippen molar-refractivity contribution in [3.05, 3.63) is 46.5 Å². The van der Waals surface area contributed by atoms with Gasteiger partial charge in [-0.3, -0.25) is 9.59 Å². The zero-order chi connectivity index (χ0) is 19.8. The van der Waals surface area contributed by atoms with E-state index in [-0.39, 0.29) is 24.7 Å². The van der Waals surface area contributed by atoms with Gasteiger partial charge in [-0.1, -0.05) is 6.07 Å². The Morgan fingerprint density at radius 2 is 2.18 bits per heavy atom. The van der Waals surface area contributed by atoms with Crippen LogP contribution in [-0.4, -0.2) is 57.5 Å². The Morgan fingerprint density at radius 1 is 1.36 bits per heavy atom. The first-order chi connectivity index (χ1) is 13.4. The van der Waals surface area contributed by atoms with Crippen molar-refractivity contribution in [2.45, 2.75) is 38.7 Å². The third kappa shape index (κ3) is 3.40. The molecular formula is C20H22FN3O4. The summed E-state index contributed by atoms with van der Waals surface area (Å²) in [6.45, 7) is 2.71. The molecule has 1 aliphatic carbocycles. The van der Waals surface area contributed by atoms with Crippen molar-refractivity contribution < 1.29 is 23.8 Å². The first kappa shape index (κ1) is 18.6. The molecule has 148 valence electrons. The maximum absolute atomic E-state index is 14.5. The van der Waals surface area contributed by atoms with E-state index in [9.17, 15) is 14.0 Å². The van der Waals surface area contributed by atoms with Crippen molar-refractivity contribution in [3.8, 4) is 5.69 Å². The summed E-state index contributed by atoms with van der Waals surface area (Å²) in [5.41, 5.74) is 3.24. The molecule has 1 aromatic carbocycles. The highest BCUT2D eigenvalue weighted by molar-refractivity contribution is 5.94. The van der Waals surface area contributed by atoms with Crippen LogP contribution in [0.2, 0.25) is 0 Å². The molecule has 1 N–H and O–H groups in total. The first-order valence-corrected chi connectivity index (χ1v) is 9.44. The lowest BCUT2D eigenvalue weighted by molar-refractivity contribution is -0.141. The van der Waals surface area contributed by atoms with Crippen molar-refractivity contribution in [1.82, 2.24) is 14.7 Å². The number of benzene rings is 1. The fourth-order valence-corrected chi connectivity index (χ4v) is 3.96. The maximum Gasteiger partial charge on any atom is 0.306 e. The molecule has 28 heavy (non-hydrogen) atoms. The molecule has 2 aliphatic rings. The number of aromatic nitrogens is 2. The fraction of sp³-hybridized carbons (Fsp3) is 0.450. The number of halogens is 1. The summed E-state index contributed by atoms with van der Waals surface area (Å²) in [5, 5.41) is 13.5. The molecule has 1 atom stereocenters. The van der Waals surface area contributed by atoms with Gasteiger partial charge in [0.05, 0.1) is 19.1 Å². The van der Waals surface area contributed by atoms with Gasteiger partial charge in [0.2, 0.25) is 0 Å². The fourth-order valence-electron chi connectivity index (χ4n) is 3.96. The number of hydrogen-bond acceptors (Lipinski definition) is 4. The molecule has 4 rings (SSSR count). The first-order valence-electron chi connectivity index (χ1n) is 9.44. The predicted molar refractivity (Wildman–Crippen MR) is 98.2 cm³/mol. The van der Waals surface area contributed by atoms with Crippen LogP contribution in [0.1, 0.15) is 40.2 Å². The van der Waals surface area contributed by atoms with E-state index in [4.69, 9.17) is 9.84 Å². The topological polar surface area (TPSA) is 84.7 Å². The third-order valence-corrected chi connectivity index (χ3v) is 5.29. The normalized spacial score (nSPS) is 18.9. The van der Waals surface area contributed by atoms with Gasteiger partial charge in [0.25, 0.3) is 5.91 Å². The number of carbonyl (C=O) groups is 2. The van der Waals surface area contributed by atoms with E-state index in [1.54, 1.807) is 15.6 Å². The van der Waals surface area contributed by atoms with Crippen LogP contribution in [0.3, 0.4) is 0 Å². The number of fused-ring (bicyclic) bond motifs is 1. The lowest BCUT2D eigenvalue weighted by Gasteiger charge is -2.32. The van der Waals surface area contributed by atoms with E-state index in [0.29, 0.717) is 24.5 Å². The zero-order valence-electron chi connectivity index (χ0n) is 15.7. The number of amides is 1. The van der Waals surface area contributed by atoms with Crippen molar-refractivity contribution in [1.29, 1.82) is 0 Å². The zero-order valence-corrected chi connectivity index (χ0v) is 15.7. The number of aryl methyl sites for hydroxylation is 1. The van der Waals surface area contributed by atoms with Crippen LogP contribution in [0.5, 0.6) is 0 Å². The summed E-state index contributed by atoms with van der Waals surface area (Å²) in [6, 6.07) is 4.96. The van der Waals surface area contributed by atoms with E-state index in [0.717, 1.165) is 36.1 Å². The second-order valence-electron chi connectivity index (χ2n) is 7.34. The Balaban J connectivity index is 1.65. The summed E-state index contributed by atoms with van der Waals surface area (Å²) in [4.78, 5) is 25.7. The highest BCUT2D eigenvalue weighted by atomic mass is 19.1. The standard InChI is InChI=1S/C20H22FN3O4/c1-12-5-6-17(15(21)9-12)24-16-4-2-3-14(16)19(22-24)20(27)23-7-8-28-13(11-23)10-18(25)26/h5-6,9,13H,2-4,7-8,10-11H2,1H3,(H,25,26)/t13-/m1/s1. The van der Waals surface area contributed by atoms with Crippen LogP contribution in [0, 0.1) is 12.7 Å². The van der Waals surface area contributed by atoms with E-state index in [2.05, 4.69) is 5.10 Å². The molecule has 0 radical (unpaired) electrons. The second-order valence-corrected chi connectivity index (χ2v) is 7.34. The summed E-state index contributed by atoms with van der Waals surface area (Å²) in [7, 11) is 0. The van der Waals surface area contributed by atoms with Gasteiger partial charge in [0.15, 0.2) is 5.69 Å². The molecule has 2 aromatic rings. The number of nitrogens with zero attached hydrogens (tertiary/aromatic N) is 3. The second kappa shape index (κ2) is 7.35. The minimum Gasteiger partial charge on any atom is -0.481 e. The van der Waals surface area contributed by atoms with E-state index >= 15 is 0 Å². The van der Waals surface area contributed by atoms with Gasteiger partial charge in [0.1, 0.15) is 11.5 Å².